The third-order valence-corrected chi connectivity index (χ3v) is 3.74. The fraction of sp³-hybridized carbons (Fsp3) is 0.167. The molecule has 0 unspecified atom stereocenters. The van der Waals surface area contributed by atoms with Gasteiger partial charge in [-0.3, -0.25) is 9.59 Å². The van der Waals surface area contributed by atoms with Gasteiger partial charge in [-0.05, 0) is 19.1 Å². The summed E-state index contributed by atoms with van der Waals surface area (Å²) in [5.74, 6) is -1.96. The van der Waals surface area contributed by atoms with Gasteiger partial charge in [0.1, 0.15) is 5.58 Å². The quantitative estimate of drug-likeness (QED) is 0.516. The number of amides is 1. The van der Waals surface area contributed by atoms with Gasteiger partial charge in [0.2, 0.25) is 0 Å². The van der Waals surface area contributed by atoms with Crippen molar-refractivity contribution >= 4 is 40.1 Å². The number of para-hydroxylation sites is 1. The molecule has 0 saturated heterocycles. The van der Waals surface area contributed by atoms with Gasteiger partial charge in [0.25, 0.3) is 5.91 Å². The van der Waals surface area contributed by atoms with Crippen molar-refractivity contribution in [2.75, 3.05) is 11.1 Å². The van der Waals surface area contributed by atoms with Crippen LogP contribution in [0.5, 0.6) is 0 Å². The number of nitrogen functional groups attached to an aromatic ring is 1. The first-order valence-corrected chi connectivity index (χ1v) is 7.99. The number of carbonyl (C=O) groups excluding carboxylic acids is 3. The van der Waals surface area contributed by atoms with Crippen LogP contribution in [-0.4, -0.2) is 33.7 Å². The fourth-order valence-electron chi connectivity index (χ4n) is 2.42. The second-order valence-corrected chi connectivity index (χ2v) is 5.69. The molecule has 0 bridgehead atoms. The number of nitrogens with zero attached hydrogens (tertiary/aromatic N) is 2. The van der Waals surface area contributed by atoms with Crippen LogP contribution in [0.4, 0.5) is 11.5 Å². The summed E-state index contributed by atoms with van der Waals surface area (Å²) in [6.45, 7) is 2.71. The van der Waals surface area contributed by atoms with Crippen LogP contribution < -0.4 is 11.1 Å². The average Bonchev–Trinajstić information content (AvgIpc) is 3.01. The Morgan fingerprint density at radius 3 is 2.59 bits per heavy atom. The summed E-state index contributed by atoms with van der Waals surface area (Å²) in [4.78, 5) is 43.9. The van der Waals surface area contributed by atoms with Gasteiger partial charge in [-0.1, -0.05) is 12.1 Å². The van der Waals surface area contributed by atoms with E-state index in [1.807, 2.05) is 0 Å². The van der Waals surface area contributed by atoms with Crippen LogP contribution in [0.1, 0.15) is 34.9 Å². The summed E-state index contributed by atoms with van der Waals surface area (Å²) < 4.78 is 10.6. The van der Waals surface area contributed by atoms with E-state index in [-0.39, 0.29) is 28.7 Å². The number of furan rings is 1. The molecule has 0 fully saturated rings. The molecule has 9 heteroatoms. The van der Waals surface area contributed by atoms with Crippen molar-refractivity contribution < 1.29 is 23.5 Å². The van der Waals surface area contributed by atoms with E-state index in [1.165, 1.54) is 26.2 Å². The molecule has 2 heterocycles. The van der Waals surface area contributed by atoms with Crippen LogP contribution in [0.15, 0.2) is 41.1 Å². The van der Waals surface area contributed by atoms with Gasteiger partial charge in [-0.25, -0.2) is 14.8 Å². The standard InChI is InChI=1S/C18H16N4O5/c1-9(23)15-13(11-5-3-4-6-12(11)27-15)22-17(24)10(2)26-18(25)14-16(19)21-8-7-20-14/h3-8,10H,1-2H3,(H2,19,21)(H,22,24)/t10-/m1/s1. The maximum absolute atomic E-state index is 12.5. The van der Waals surface area contributed by atoms with Crippen molar-refractivity contribution in [3.8, 4) is 0 Å². The smallest absolute Gasteiger partial charge is 0.361 e. The van der Waals surface area contributed by atoms with E-state index in [0.717, 1.165) is 0 Å². The predicted octanol–water partition coefficient (Wildman–Crippen LogP) is 2.19. The largest absolute Gasteiger partial charge is 0.451 e. The number of rotatable bonds is 5. The number of benzene rings is 1. The molecule has 2 aromatic heterocycles. The van der Waals surface area contributed by atoms with Crippen molar-refractivity contribution in [2.45, 2.75) is 20.0 Å². The number of ether oxygens (including phenoxy) is 1. The van der Waals surface area contributed by atoms with Gasteiger partial charge in [-0.2, -0.15) is 0 Å². The van der Waals surface area contributed by atoms with Gasteiger partial charge in [-0.15, -0.1) is 0 Å². The number of nitrogens with one attached hydrogen (secondary N) is 1. The first-order valence-electron chi connectivity index (χ1n) is 7.99. The molecule has 1 atom stereocenters. The van der Waals surface area contributed by atoms with Gasteiger partial charge in [0.15, 0.2) is 29.2 Å². The minimum atomic E-state index is -1.17. The molecule has 1 aromatic carbocycles. The van der Waals surface area contributed by atoms with Crippen molar-refractivity contribution in [3.05, 3.63) is 48.1 Å². The van der Waals surface area contributed by atoms with E-state index in [9.17, 15) is 14.4 Å². The molecular weight excluding hydrogens is 352 g/mol. The number of esters is 1. The summed E-state index contributed by atoms with van der Waals surface area (Å²) in [6.07, 6.45) is 1.44. The highest BCUT2D eigenvalue weighted by atomic mass is 16.5. The molecule has 3 aromatic rings. The number of anilines is 2. The van der Waals surface area contributed by atoms with Gasteiger partial charge < -0.3 is 20.2 Å². The lowest BCUT2D eigenvalue weighted by Crippen LogP contribution is -2.31. The summed E-state index contributed by atoms with van der Waals surface area (Å²) in [7, 11) is 0. The normalized spacial score (nSPS) is 11.8. The zero-order chi connectivity index (χ0) is 19.6. The highest BCUT2D eigenvalue weighted by Crippen LogP contribution is 2.31. The van der Waals surface area contributed by atoms with Crippen molar-refractivity contribution in [2.24, 2.45) is 0 Å². The second kappa shape index (κ2) is 7.24. The Kier molecular flexibility index (Phi) is 4.84. The fourth-order valence-corrected chi connectivity index (χ4v) is 2.42. The van der Waals surface area contributed by atoms with Crippen molar-refractivity contribution in [3.63, 3.8) is 0 Å². The molecule has 3 rings (SSSR count). The molecule has 3 N–H and O–H groups in total. The Labute approximate surface area is 153 Å². The number of Topliss-reactive ketones (excluding diaryl/α,β-unsaturated/α-hetero) is 1. The number of fused-ring (bicyclic) bond motifs is 1. The summed E-state index contributed by atoms with van der Waals surface area (Å²) in [6, 6.07) is 6.88. The molecule has 27 heavy (non-hydrogen) atoms. The average molecular weight is 368 g/mol. The van der Waals surface area contributed by atoms with Crippen LogP contribution in [0.2, 0.25) is 0 Å². The zero-order valence-corrected chi connectivity index (χ0v) is 14.6. The first-order chi connectivity index (χ1) is 12.9. The Hall–Kier alpha value is -3.75. The lowest BCUT2D eigenvalue weighted by atomic mass is 10.2. The third kappa shape index (κ3) is 3.61. The van der Waals surface area contributed by atoms with Crippen LogP contribution in [0.25, 0.3) is 11.0 Å². The van der Waals surface area contributed by atoms with Crippen LogP contribution >= 0.6 is 0 Å². The minimum absolute atomic E-state index is 0.0150. The monoisotopic (exact) mass is 368 g/mol. The molecule has 1 amide bonds. The summed E-state index contributed by atoms with van der Waals surface area (Å²) in [5.41, 5.74) is 6.07. The van der Waals surface area contributed by atoms with Gasteiger partial charge >= 0.3 is 5.97 Å². The third-order valence-electron chi connectivity index (χ3n) is 3.74. The topological polar surface area (TPSA) is 137 Å². The van der Waals surface area contributed by atoms with E-state index in [4.69, 9.17) is 14.9 Å². The number of carbonyl (C=O) groups is 3. The Morgan fingerprint density at radius 2 is 1.89 bits per heavy atom. The van der Waals surface area contributed by atoms with Crippen molar-refractivity contribution in [1.29, 1.82) is 0 Å². The highest BCUT2D eigenvalue weighted by Gasteiger charge is 2.25. The molecule has 0 saturated carbocycles. The molecule has 0 aliphatic rings. The van der Waals surface area contributed by atoms with E-state index >= 15 is 0 Å². The molecule has 0 aliphatic heterocycles. The minimum Gasteiger partial charge on any atom is -0.451 e. The number of nitrogens with two attached hydrogens (primary N) is 1. The number of aromatic nitrogens is 2. The molecule has 0 spiro atoms. The Balaban J connectivity index is 1.80. The number of hydrogen-bond acceptors (Lipinski definition) is 8. The SMILES string of the molecule is CC(=O)c1oc2ccccc2c1NC(=O)[C@@H](C)OC(=O)c1nccnc1N. The predicted molar refractivity (Wildman–Crippen MR) is 96.2 cm³/mol. The number of hydrogen-bond donors (Lipinski definition) is 2. The second-order valence-electron chi connectivity index (χ2n) is 5.69. The molecule has 0 radical (unpaired) electrons. The molecule has 138 valence electrons. The Bertz CT molecular complexity index is 1040. The van der Waals surface area contributed by atoms with E-state index in [1.54, 1.807) is 24.3 Å². The first kappa shape index (κ1) is 18.1. The van der Waals surface area contributed by atoms with Crippen LogP contribution in [0.3, 0.4) is 0 Å². The zero-order valence-electron chi connectivity index (χ0n) is 14.6. The van der Waals surface area contributed by atoms with Gasteiger partial charge in [0, 0.05) is 24.7 Å². The maximum Gasteiger partial charge on any atom is 0.361 e. The number of ketones is 1. The maximum atomic E-state index is 12.5. The summed E-state index contributed by atoms with van der Waals surface area (Å²) in [5, 5.41) is 3.15. The van der Waals surface area contributed by atoms with Crippen LogP contribution in [0, 0.1) is 0 Å². The lowest BCUT2D eigenvalue weighted by Gasteiger charge is -2.13. The van der Waals surface area contributed by atoms with Gasteiger partial charge in [0.05, 0.1) is 5.69 Å². The van der Waals surface area contributed by atoms with E-state index < -0.39 is 18.0 Å². The van der Waals surface area contributed by atoms with Crippen molar-refractivity contribution in [1.82, 2.24) is 9.97 Å². The molecule has 0 aliphatic carbocycles. The molecule has 9 nitrogen and oxygen atoms in total. The lowest BCUT2D eigenvalue weighted by molar-refractivity contribution is -0.123. The molecular formula is C18H16N4O5. The summed E-state index contributed by atoms with van der Waals surface area (Å²) >= 11 is 0. The van der Waals surface area contributed by atoms with Crippen LogP contribution in [-0.2, 0) is 9.53 Å². The van der Waals surface area contributed by atoms with E-state index in [2.05, 4.69) is 15.3 Å². The van der Waals surface area contributed by atoms with E-state index in [0.29, 0.717) is 11.0 Å². The highest BCUT2D eigenvalue weighted by molar-refractivity contribution is 6.11. The Morgan fingerprint density at radius 1 is 1.19 bits per heavy atom.